The van der Waals surface area contributed by atoms with Crippen molar-refractivity contribution in [3.8, 4) is 11.6 Å². The summed E-state index contributed by atoms with van der Waals surface area (Å²) in [6.07, 6.45) is -2.64. The SMILES string of the molecule is COC(=O)/C=C(/Nc1ccc(Oc2ncccc2C(F)(F)F)c(Cl)c1)C(=O)OC. The fourth-order valence-corrected chi connectivity index (χ4v) is 2.26. The second-order valence-electron chi connectivity index (χ2n) is 5.30. The molecule has 1 aromatic carbocycles. The monoisotopic (exact) mass is 430 g/mol. The zero-order valence-corrected chi connectivity index (χ0v) is 15.8. The number of hydrogen-bond acceptors (Lipinski definition) is 7. The molecule has 0 fully saturated rings. The first-order valence-corrected chi connectivity index (χ1v) is 8.18. The summed E-state index contributed by atoms with van der Waals surface area (Å²) in [5.74, 6) is -2.42. The van der Waals surface area contributed by atoms with Crippen molar-refractivity contribution in [1.82, 2.24) is 4.98 Å². The van der Waals surface area contributed by atoms with E-state index in [0.717, 1.165) is 38.6 Å². The fourth-order valence-electron chi connectivity index (χ4n) is 2.04. The second kappa shape index (κ2) is 9.28. The van der Waals surface area contributed by atoms with Crippen LogP contribution in [-0.4, -0.2) is 31.1 Å². The predicted molar refractivity (Wildman–Crippen MR) is 96.5 cm³/mol. The first kappa shape index (κ1) is 22.0. The van der Waals surface area contributed by atoms with Gasteiger partial charge in [-0.25, -0.2) is 14.6 Å². The number of pyridine rings is 1. The number of alkyl halides is 3. The Morgan fingerprint density at radius 1 is 1.17 bits per heavy atom. The number of halogens is 4. The molecule has 0 atom stereocenters. The average molecular weight is 431 g/mol. The van der Waals surface area contributed by atoms with E-state index in [9.17, 15) is 22.8 Å². The highest BCUT2D eigenvalue weighted by Gasteiger charge is 2.35. The molecular weight excluding hydrogens is 417 g/mol. The summed E-state index contributed by atoms with van der Waals surface area (Å²) in [5.41, 5.74) is -1.07. The summed E-state index contributed by atoms with van der Waals surface area (Å²) < 4.78 is 53.4. The third-order valence-corrected chi connectivity index (χ3v) is 3.66. The van der Waals surface area contributed by atoms with E-state index in [0.29, 0.717) is 0 Å². The minimum Gasteiger partial charge on any atom is -0.466 e. The molecule has 29 heavy (non-hydrogen) atoms. The topological polar surface area (TPSA) is 86.8 Å². The largest absolute Gasteiger partial charge is 0.466 e. The van der Waals surface area contributed by atoms with E-state index in [1.807, 2.05) is 0 Å². The number of nitrogens with one attached hydrogen (secondary N) is 1. The van der Waals surface area contributed by atoms with Crippen molar-refractivity contribution < 1.29 is 37.0 Å². The number of nitrogens with zero attached hydrogens (tertiary/aromatic N) is 1. The van der Waals surface area contributed by atoms with Crippen molar-refractivity contribution in [2.45, 2.75) is 6.18 Å². The lowest BCUT2D eigenvalue weighted by molar-refractivity contribution is -0.139. The lowest BCUT2D eigenvalue weighted by Crippen LogP contribution is -2.15. The Kier molecular flexibility index (Phi) is 7.05. The van der Waals surface area contributed by atoms with Gasteiger partial charge < -0.3 is 19.5 Å². The van der Waals surface area contributed by atoms with Gasteiger partial charge in [0.25, 0.3) is 0 Å². The highest BCUT2D eigenvalue weighted by molar-refractivity contribution is 6.32. The van der Waals surface area contributed by atoms with E-state index in [-0.39, 0.29) is 22.2 Å². The Labute approximate surface area is 168 Å². The quantitative estimate of drug-likeness (QED) is 0.543. The van der Waals surface area contributed by atoms with Crippen LogP contribution in [0.2, 0.25) is 5.02 Å². The molecule has 0 aliphatic rings. The number of esters is 2. The van der Waals surface area contributed by atoms with Crippen molar-refractivity contribution in [3.63, 3.8) is 0 Å². The van der Waals surface area contributed by atoms with Gasteiger partial charge in [0.05, 0.1) is 25.3 Å². The summed E-state index contributed by atoms with van der Waals surface area (Å²) in [4.78, 5) is 26.7. The number of methoxy groups -OCH3 is 2. The highest BCUT2D eigenvalue weighted by atomic mass is 35.5. The molecule has 0 radical (unpaired) electrons. The van der Waals surface area contributed by atoms with Gasteiger partial charge in [-0.3, -0.25) is 0 Å². The maximum atomic E-state index is 13.1. The van der Waals surface area contributed by atoms with Crippen LogP contribution in [0, 0.1) is 0 Å². The van der Waals surface area contributed by atoms with E-state index >= 15 is 0 Å². The first-order valence-electron chi connectivity index (χ1n) is 7.80. The zero-order valence-electron chi connectivity index (χ0n) is 15.0. The van der Waals surface area contributed by atoms with Crippen LogP contribution in [0.3, 0.4) is 0 Å². The van der Waals surface area contributed by atoms with Crippen LogP contribution < -0.4 is 10.1 Å². The highest BCUT2D eigenvalue weighted by Crippen LogP contribution is 2.38. The number of benzene rings is 1. The molecule has 0 bridgehead atoms. The molecule has 7 nitrogen and oxygen atoms in total. The van der Waals surface area contributed by atoms with Crippen molar-refractivity contribution in [1.29, 1.82) is 0 Å². The van der Waals surface area contributed by atoms with Crippen LogP contribution in [0.15, 0.2) is 48.3 Å². The summed E-state index contributed by atoms with van der Waals surface area (Å²) >= 11 is 6.07. The number of carbonyl (C=O) groups excluding carboxylic acids is 2. The van der Waals surface area contributed by atoms with Gasteiger partial charge in [0.1, 0.15) is 17.0 Å². The molecule has 1 heterocycles. The Morgan fingerprint density at radius 2 is 1.90 bits per heavy atom. The Bertz CT molecular complexity index is 947. The molecule has 0 saturated heterocycles. The lowest BCUT2D eigenvalue weighted by atomic mass is 10.2. The van der Waals surface area contributed by atoms with E-state index in [1.165, 1.54) is 18.2 Å². The van der Waals surface area contributed by atoms with Gasteiger partial charge in [-0.2, -0.15) is 13.2 Å². The molecule has 1 N–H and O–H groups in total. The number of ether oxygens (including phenoxy) is 3. The van der Waals surface area contributed by atoms with E-state index < -0.39 is 29.6 Å². The number of anilines is 1. The van der Waals surface area contributed by atoms with E-state index in [4.69, 9.17) is 16.3 Å². The van der Waals surface area contributed by atoms with Crippen LogP contribution in [0.25, 0.3) is 0 Å². The normalized spacial score (nSPS) is 11.6. The molecule has 11 heteroatoms. The molecule has 2 rings (SSSR count). The van der Waals surface area contributed by atoms with E-state index in [1.54, 1.807) is 0 Å². The van der Waals surface area contributed by atoms with Crippen LogP contribution >= 0.6 is 11.6 Å². The molecule has 0 spiro atoms. The standard InChI is InChI=1S/C18H14ClF3N2O5/c1-27-15(25)9-13(17(26)28-2)24-10-5-6-14(12(19)8-10)29-16-11(18(20,21)22)4-3-7-23-16/h3-9,24H,1-2H3/b13-9+. The molecule has 2 aromatic rings. The molecule has 0 aliphatic heterocycles. The van der Waals surface area contributed by atoms with Gasteiger partial charge in [-0.15, -0.1) is 0 Å². The summed E-state index contributed by atoms with van der Waals surface area (Å²) in [6, 6.07) is 5.87. The maximum Gasteiger partial charge on any atom is 0.421 e. The van der Waals surface area contributed by atoms with Crippen LogP contribution in [0.5, 0.6) is 11.6 Å². The average Bonchev–Trinajstić information content (AvgIpc) is 2.68. The van der Waals surface area contributed by atoms with Crippen molar-refractivity contribution in [3.05, 3.63) is 58.9 Å². The summed E-state index contributed by atoms with van der Waals surface area (Å²) in [7, 11) is 2.24. The Balaban J connectivity index is 2.28. The molecular formula is C18H14ClF3N2O5. The fraction of sp³-hybridized carbons (Fsp3) is 0.167. The van der Waals surface area contributed by atoms with Crippen LogP contribution in [0.4, 0.5) is 18.9 Å². The maximum absolute atomic E-state index is 13.1. The Morgan fingerprint density at radius 3 is 2.48 bits per heavy atom. The molecule has 0 amide bonds. The Hall–Kier alpha value is -3.27. The zero-order chi connectivity index (χ0) is 21.6. The number of hydrogen-bond donors (Lipinski definition) is 1. The van der Waals surface area contributed by atoms with Crippen LogP contribution in [-0.2, 0) is 25.2 Å². The van der Waals surface area contributed by atoms with Crippen molar-refractivity contribution in [2.24, 2.45) is 0 Å². The third-order valence-electron chi connectivity index (χ3n) is 3.36. The first-order chi connectivity index (χ1) is 13.7. The minimum absolute atomic E-state index is 0.0731. The summed E-state index contributed by atoms with van der Waals surface area (Å²) in [6.45, 7) is 0. The number of aromatic nitrogens is 1. The predicted octanol–water partition coefficient (Wildman–Crippen LogP) is 4.19. The number of rotatable bonds is 6. The third kappa shape index (κ3) is 5.85. The molecule has 0 saturated carbocycles. The second-order valence-corrected chi connectivity index (χ2v) is 5.71. The van der Waals surface area contributed by atoms with Gasteiger partial charge in [-0.1, -0.05) is 11.6 Å². The minimum atomic E-state index is -4.66. The summed E-state index contributed by atoms with van der Waals surface area (Å²) in [5, 5.41) is 2.54. The van der Waals surface area contributed by atoms with Crippen molar-refractivity contribution in [2.75, 3.05) is 19.5 Å². The molecule has 154 valence electrons. The van der Waals surface area contributed by atoms with Crippen LogP contribution in [0.1, 0.15) is 5.56 Å². The van der Waals surface area contributed by atoms with Gasteiger partial charge in [0.2, 0.25) is 5.88 Å². The van der Waals surface area contributed by atoms with Gasteiger partial charge >= 0.3 is 18.1 Å². The molecule has 1 aromatic heterocycles. The smallest absolute Gasteiger partial charge is 0.421 e. The van der Waals surface area contributed by atoms with Gasteiger partial charge in [0.15, 0.2) is 0 Å². The number of carbonyl (C=O) groups is 2. The molecule has 0 unspecified atom stereocenters. The van der Waals surface area contributed by atoms with E-state index in [2.05, 4.69) is 19.8 Å². The van der Waals surface area contributed by atoms with Gasteiger partial charge in [-0.05, 0) is 30.3 Å². The lowest BCUT2D eigenvalue weighted by Gasteiger charge is -2.14. The van der Waals surface area contributed by atoms with Gasteiger partial charge in [0, 0.05) is 11.9 Å². The molecule has 0 aliphatic carbocycles. The van der Waals surface area contributed by atoms with Crippen molar-refractivity contribution >= 4 is 29.2 Å².